The van der Waals surface area contributed by atoms with Crippen molar-refractivity contribution in [3.05, 3.63) is 71.3 Å². The van der Waals surface area contributed by atoms with Gasteiger partial charge in [0.1, 0.15) is 0 Å². The largest absolute Gasteiger partial charge is 0.396 e. The Kier molecular flexibility index (Phi) is 6.63. The molecule has 1 unspecified atom stereocenters. The minimum absolute atomic E-state index is 0.0970. The second kappa shape index (κ2) is 8.96. The summed E-state index contributed by atoms with van der Waals surface area (Å²) in [7, 11) is 0. The number of aliphatic hydroxyl groups excluding tert-OH is 1. The van der Waals surface area contributed by atoms with Crippen molar-refractivity contribution >= 4 is 6.03 Å². The molecule has 1 atom stereocenters. The molecular weight excluding hydrogens is 288 g/mol. The van der Waals surface area contributed by atoms with E-state index in [0.717, 1.165) is 16.7 Å². The summed E-state index contributed by atoms with van der Waals surface area (Å²) in [6.45, 7) is 2.65. The molecule has 0 aliphatic carbocycles. The fourth-order valence-electron chi connectivity index (χ4n) is 2.50. The van der Waals surface area contributed by atoms with Crippen LogP contribution in [0.2, 0.25) is 0 Å². The molecule has 122 valence electrons. The fourth-order valence-corrected chi connectivity index (χ4v) is 2.50. The predicted molar refractivity (Wildman–Crippen MR) is 92.1 cm³/mol. The number of aryl methyl sites for hydroxylation is 1. The zero-order chi connectivity index (χ0) is 16.5. The van der Waals surface area contributed by atoms with Gasteiger partial charge in [0, 0.05) is 13.2 Å². The van der Waals surface area contributed by atoms with Gasteiger partial charge in [-0.25, -0.2) is 4.79 Å². The summed E-state index contributed by atoms with van der Waals surface area (Å²) in [5.41, 5.74) is 3.31. The van der Waals surface area contributed by atoms with E-state index in [1.54, 1.807) is 0 Å². The average Bonchev–Trinajstić information content (AvgIpc) is 2.58. The van der Waals surface area contributed by atoms with Crippen LogP contribution in [0.25, 0.3) is 0 Å². The maximum absolute atomic E-state index is 12.2. The number of benzene rings is 2. The fraction of sp³-hybridized carbons (Fsp3) is 0.316. The quantitative estimate of drug-likeness (QED) is 0.734. The summed E-state index contributed by atoms with van der Waals surface area (Å²) in [6.07, 6.45) is 1.36. The van der Waals surface area contributed by atoms with E-state index < -0.39 is 0 Å². The first kappa shape index (κ1) is 17.0. The average molecular weight is 312 g/mol. The van der Waals surface area contributed by atoms with E-state index in [4.69, 9.17) is 5.11 Å². The number of rotatable bonds is 7. The van der Waals surface area contributed by atoms with Gasteiger partial charge in [-0.2, -0.15) is 0 Å². The molecule has 0 saturated carbocycles. The van der Waals surface area contributed by atoms with E-state index in [-0.39, 0.29) is 18.7 Å². The molecule has 0 aliphatic heterocycles. The second-order valence-electron chi connectivity index (χ2n) is 5.58. The highest BCUT2D eigenvalue weighted by Crippen LogP contribution is 2.18. The third-order valence-electron chi connectivity index (χ3n) is 3.86. The van der Waals surface area contributed by atoms with Crippen LogP contribution in [0.1, 0.15) is 35.6 Å². The lowest BCUT2D eigenvalue weighted by Gasteiger charge is -2.19. The van der Waals surface area contributed by atoms with Gasteiger partial charge in [0.2, 0.25) is 0 Å². The molecule has 0 spiro atoms. The number of urea groups is 1. The second-order valence-corrected chi connectivity index (χ2v) is 5.58. The highest BCUT2D eigenvalue weighted by atomic mass is 16.3. The van der Waals surface area contributed by atoms with Crippen molar-refractivity contribution in [2.45, 2.75) is 32.4 Å². The molecule has 0 radical (unpaired) electrons. The summed E-state index contributed by atoms with van der Waals surface area (Å²) in [6, 6.07) is 17.5. The lowest BCUT2D eigenvalue weighted by Crippen LogP contribution is -2.37. The smallest absolute Gasteiger partial charge is 0.315 e. The minimum atomic E-state index is -0.194. The summed E-state index contributed by atoms with van der Waals surface area (Å²) in [4.78, 5) is 12.2. The molecule has 0 bridgehead atoms. The zero-order valence-corrected chi connectivity index (χ0v) is 13.5. The first-order valence-corrected chi connectivity index (χ1v) is 7.95. The van der Waals surface area contributed by atoms with Gasteiger partial charge in [-0.15, -0.1) is 0 Å². The standard InChI is InChI=1S/C19H24N2O2/c1-15-8-5-6-11-17(15)14-20-19(23)21-18(12-7-13-22)16-9-3-2-4-10-16/h2-6,8-11,18,22H,7,12-14H2,1H3,(H2,20,21,23). The lowest BCUT2D eigenvalue weighted by atomic mass is 10.0. The van der Waals surface area contributed by atoms with E-state index in [1.165, 1.54) is 0 Å². The number of hydrogen-bond acceptors (Lipinski definition) is 2. The first-order valence-electron chi connectivity index (χ1n) is 7.95. The number of hydrogen-bond donors (Lipinski definition) is 3. The maximum atomic E-state index is 12.2. The molecule has 0 fully saturated rings. The van der Waals surface area contributed by atoms with Gasteiger partial charge in [-0.1, -0.05) is 54.6 Å². The molecule has 2 amide bonds. The van der Waals surface area contributed by atoms with Gasteiger partial charge in [0.25, 0.3) is 0 Å². The molecule has 3 N–H and O–H groups in total. The lowest BCUT2D eigenvalue weighted by molar-refractivity contribution is 0.232. The zero-order valence-electron chi connectivity index (χ0n) is 13.5. The van der Waals surface area contributed by atoms with Crippen molar-refractivity contribution in [1.82, 2.24) is 10.6 Å². The van der Waals surface area contributed by atoms with Crippen molar-refractivity contribution in [2.24, 2.45) is 0 Å². The summed E-state index contributed by atoms with van der Waals surface area (Å²) >= 11 is 0. The van der Waals surface area contributed by atoms with E-state index in [9.17, 15) is 4.79 Å². The van der Waals surface area contributed by atoms with Crippen LogP contribution in [0.4, 0.5) is 4.79 Å². The van der Waals surface area contributed by atoms with Gasteiger partial charge >= 0.3 is 6.03 Å². The Bertz CT molecular complexity index is 614. The predicted octanol–water partition coefficient (Wildman–Crippen LogP) is 3.31. The van der Waals surface area contributed by atoms with Crippen LogP contribution in [0, 0.1) is 6.92 Å². The molecular formula is C19H24N2O2. The molecule has 0 saturated heterocycles. The van der Waals surface area contributed by atoms with Gasteiger partial charge in [-0.05, 0) is 36.5 Å². The van der Waals surface area contributed by atoms with Crippen LogP contribution in [-0.4, -0.2) is 17.7 Å². The van der Waals surface area contributed by atoms with E-state index in [0.29, 0.717) is 19.4 Å². The molecule has 0 heterocycles. The molecule has 0 aliphatic rings. The molecule has 4 heteroatoms. The number of amides is 2. The molecule has 2 aromatic carbocycles. The molecule has 2 rings (SSSR count). The van der Waals surface area contributed by atoms with Crippen molar-refractivity contribution in [3.8, 4) is 0 Å². The number of carbonyl (C=O) groups excluding carboxylic acids is 1. The Morgan fingerprint density at radius 1 is 1.09 bits per heavy atom. The number of aliphatic hydroxyl groups is 1. The summed E-state index contributed by atoms with van der Waals surface area (Å²) in [5, 5.41) is 15.0. The minimum Gasteiger partial charge on any atom is -0.396 e. The van der Waals surface area contributed by atoms with Crippen molar-refractivity contribution in [3.63, 3.8) is 0 Å². The Hall–Kier alpha value is -2.33. The van der Waals surface area contributed by atoms with Crippen molar-refractivity contribution in [2.75, 3.05) is 6.61 Å². The van der Waals surface area contributed by atoms with Crippen LogP contribution in [0.5, 0.6) is 0 Å². The highest BCUT2D eigenvalue weighted by Gasteiger charge is 2.14. The Labute approximate surface area is 137 Å². The van der Waals surface area contributed by atoms with Crippen molar-refractivity contribution < 1.29 is 9.90 Å². The van der Waals surface area contributed by atoms with Gasteiger partial charge in [0.15, 0.2) is 0 Å². The molecule has 23 heavy (non-hydrogen) atoms. The maximum Gasteiger partial charge on any atom is 0.315 e. The summed E-state index contributed by atoms with van der Waals surface area (Å²) < 4.78 is 0. The molecule has 2 aromatic rings. The number of nitrogens with one attached hydrogen (secondary N) is 2. The third kappa shape index (κ3) is 5.42. The van der Waals surface area contributed by atoms with Crippen LogP contribution >= 0.6 is 0 Å². The van der Waals surface area contributed by atoms with Crippen LogP contribution < -0.4 is 10.6 Å². The molecule has 4 nitrogen and oxygen atoms in total. The first-order chi connectivity index (χ1) is 11.2. The Morgan fingerprint density at radius 2 is 1.78 bits per heavy atom. The topological polar surface area (TPSA) is 61.4 Å². The van der Waals surface area contributed by atoms with Gasteiger partial charge in [0.05, 0.1) is 6.04 Å². The van der Waals surface area contributed by atoms with Gasteiger partial charge in [-0.3, -0.25) is 0 Å². The van der Waals surface area contributed by atoms with E-state index in [1.807, 2.05) is 61.5 Å². The van der Waals surface area contributed by atoms with Crippen LogP contribution in [-0.2, 0) is 6.54 Å². The Morgan fingerprint density at radius 3 is 2.48 bits per heavy atom. The monoisotopic (exact) mass is 312 g/mol. The SMILES string of the molecule is Cc1ccccc1CNC(=O)NC(CCCO)c1ccccc1. The number of carbonyl (C=O) groups is 1. The van der Waals surface area contributed by atoms with E-state index in [2.05, 4.69) is 10.6 Å². The van der Waals surface area contributed by atoms with Crippen LogP contribution in [0.3, 0.4) is 0 Å². The van der Waals surface area contributed by atoms with Crippen LogP contribution in [0.15, 0.2) is 54.6 Å². The normalized spacial score (nSPS) is 11.7. The molecule has 0 aromatic heterocycles. The summed E-state index contributed by atoms with van der Waals surface area (Å²) in [5.74, 6) is 0. The van der Waals surface area contributed by atoms with Gasteiger partial charge < -0.3 is 15.7 Å². The third-order valence-corrected chi connectivity index (χ3v) is 3.86. The van der Waals surface area contributed by atoms with E-state index >= 15 is 0 Å². The highest BCUT2D eigenvalue weighted by molar-refractivity contribution is 5.74. The Balaban J connectivity index is 1.93. The van der Waals surface area contributed by atoms with Crippen molar-refractivity contribution in [1.29, 1.82) is 0 Å².